The number of likely N-dealkylation sites (tertiary alicyclic amines) is 1. The topological polar surface area (TPSA) is 188 Å². The van der Waals surface area contributed by atoms with Gasteiger partial charge < -0.3 is 15.5 Å². The van der Waals surface area contributed by atoms with Crippen molar-refractivity contribution < 1.29 is 16.8 Å². The standard InChI is InChI=1S/C18H29N9O4S2/c19-32(28,29)17-15(33(30,31)24-13-6-7-20-12-13)5-4-14(16(17)18-22-25-26-23-18)21-8-11-27-9-2-1-3-10-27/h4-5,13,20-21,24H,1-3,6-12H2,(H2,19,28,29)(H,22,23,25,26)/t13-/m1/s1. The summed E-state index contributed by atoms with van der Waals surface area (Å²) in [5, 5.41) is 25.4. The molecule has 3 heterocycles. The van der Waals surface area contributed by atoms with Crippen LogP contribution in [0.1, 0.15) is 25.7 Å². The van der Waals surface area contributed by atoms with Crippen LogP contribution in [0.15, 0.2) is 21.9 Å². The second-order valence-corrected chi connectivity index (χ2v) is 11.4. The van der Waals surface area contributed by atoms with Gasteiger partial charge >= 0.3 is 0 Å². The molecule has 0 bridgehead atoms. The Morgan fingerprint density at radius 2 is 1.94 bits per heavy atom. The first-order valence-electron chi connectivity index (χ1n) is 10.9. The molecule has 0 aliphatic carbocycles. The van der Waals surface area contributed by atoms with Crippen LogP contribution in [-0.2, 0) is 20.0 Å². The summed E-state index contributed by atoms with van der Waals surface area (Å²) in [7, 11) is -8.68. The van der Waals surface area contributed by atoms with Crippen LogP contribution in [0.5, 0.6) is 0 Å². The Bertz CT molecular complexity index is 1160. The number of sulfonamides is 2. The second kappa shape index (κ2) is 9.99. The third kappa shape index (κ3) is 5.67. The molecule has 2 fully saturated rings. The lowest BCUT2D eigenvalue weighted by molar-refractivity contribution is 0.237. The third-order valence-electron chi connectivity index (χ3n) is 5.84. The number of aromatic amines is 1. The average Bonchev–Trinajstić information content (AvgIpc) is 3.47. The van der Waals surface area contributed by atoms with E-state index in [1.165, 1.54) is 18.6 Å². The third-order valence-corrected chi connectivity index (χ3v) is 8.52. The molecular formula is C18H29N9O4S2. The molecule has 0 amide bonds. The number of hydrogen-bond donors (Lipinski definition) is 5. The summed E-state index contributed by atoms with van der Waals surface area (Å²) in [5.41, 5.74) is 0.330. The molecule has 1 aromatic heterocycles. The van der Waals surface area contributed by atoms with Gasteiger partial charge in [0.1, 0.15) is 9.79 Å². The Labute approximate surface area is 193 Å². The fraction of sp³-hybridized carbons (Fsp3) is 0.611. The highest BCUT2D eigenvalue weighted by Crippen LogP contribution is 2.36. The number of nitrogens with zero attached hydrogens (tertiary/aromatic N) is 4. The summed E-state index contributed by atoms with van der Waals surface area (Å²) in [6.45, 7) is 4.43. The van der Waals surface area contributed by atoms with Gasteiger partial charge in [-0.1, -0.05) is 6.42 Å². The highest BCUT2D eigenvalue weighted by molar-refractivity contribution is 7.92. The van der Waals surface area contributed by atoms with Crippen molar-refractivity contribution in [3.05, 3.63) is 12.1 Å². The van der Waals surface area contributed by atoms with Gasteiger partial charge in [-0.15, -0.1) is 10.2 Å². The Morgan fingerprint density at radius 1 is 1.15 bits per heavy atom. The van der Waals surface area contributed by atoms with Crippen molar-refractivity contribution in [3.8, 4) is 11.4 Å². The van der Waals surface area contributed by atoms with E-state index in [2.05, 4.69) is 40.9 Å². The largest absolute Gasteiger partial charge is 0.383 e. The molecule has 0 saturated carbocycles. The maximum absolute atomic E-state index is 13.2. The predicted molar refractivity (Wildman–Crippen MR) is 121 cm³/mol. The Balaban J connectivity index is 1.72. The van der Waals surface area contributed by atoms with Crippen molar-refractivity contribution in [2.24, 2.45) is 5.14 Å². The van der Waals surface area contributed by atoms with Crippen LogP contribution in [0.2, 0.25) is 0 Å². The van der Waals surface area contributed by atoms with Crippen LogP contribution < -0.4 is 20.5 Å². The number of H-pyrrole nitrogens is 1. The fourth-order valence-electron chi connectivity index (χ4n) is 4.26. The number of anilines is 1. The second-order valence-electron chi connectivity index (χ2n) is 8.24. The van der Waals surface area contributed by atoms with E-state index in [9.17, 15) is 16.8 Å². The van der Waals surface area contributed by atoms with Gasteiger partial charge in [0, 0.05) is 31.4 Å². The van der Waals surface area contributed by atoms with Gasteiger partial charge in [-0.05, 0) is 56.2 Å². The Hall–Kier alpha value is -2.17. The molecule has 2 aliphatic heterocycles. The average molecular weight is 500 g/mol. The van der Waals surface area contributed by atoms with Crippen LogP contribution in [0.3, 0.4) is 0 Å². The van der Waals surface area contributed by atoms with Crippen LogP contribution in [0, 0.1) is 0 Å². The quantitative estimate of drug-likeness (QED) is 0.288. The highest BCUT2D eigenvalue weighted by atomic mass is 32.2. The van der Waals surface area contributed by atoms with Gasteiger partial charge in [0.2, 0.25) is 25.9 Å². The normalized spacial score (nSPS) is 20.2. The summed E-state index contributed by atoms with van der Waals surface area (Å²) in [5.74, 6) is -0.0703. The highest BCUT2D eigenvalue weighted by Gasteiger charge is 2.33. The Morgan fingerprint density at radius 3 is 2.58 bits per heavy atom. The molecule has 0 unspecified atom stereocenters. The zero-order valence-electron chi connectivity index (χ0n) is 18.1. The molecule has 1 aromatic carbocycles. The first-order valence-corrected chi connectivity index (χ1v) is 13.9. The van der Waals surface area contributed by atoms with Crippen molar-refractivity contribution >= 4 is 25.7 Å². The van der Waals surface area contributed by atoms with E-state index in [-0.39, 0.29) is 17.4 Å². The van der Waals surface area contributed by atoms with E-state index >= 15 is 0 Å². The van der Waals surface area contributed by atoms with E-state index in [4.69, 9.17) is 5.14 Å². The zero-order valence-corrected chi connectivity index (χ0v) is 19.8. The zero-order chi connectivity index (χ0) is 23.5. The molecule has 33 heavy (non-hydrogen) atoms. The number of nitrogens with two attached hydrogens (primary N) is 1. The minimum atomic E-state index is -4.48. The number of hydrogen-bond acceptors (Lipinski definition) is 10. The number of rotatable bonds is 9. The molecule has 4 rings (SSSR count). The van der Waals surface area contributed by atoms with E-state index in [1.54, 1.807) is 0 Å². The molecule has 2 aliphatic rings. The fourth-order valence-corrected chi connectivity index (χ4v) is 7.14. The van der Waals surface area contributed by atoms with Crippen molar-refractivity contribution in [2.75, 3.05) is 44.6 Å². The number of benzene rings is 1. The van der Waals surface area contributed by atoms with E-state index in [0.717, 1.165) is 32.5 Å². The first kappa shape index (κ1) is 24.0. The number of aromatic nitrogens is 4. The SMILES string of the molecule is NS(=O)(=O)c1c(S(=O)(=O)N[C@@H]2CCNC2)ccc(NCCN2CCCCC2)c1-c1nn[nH]n1. The monoisotopic (exact) mass is 499 g/mol. The number of piperidine rings is 1. The number of nitrogens with one attached hydrogen (secondary N) is 4. The van der Waals surface area contributed by atoms with Gasteiger partial charge in [0.25, 0.3) is 0 Å². The van der Waals surface area contributed by atoms with E-state index < -0.39 is 29.8 Å². The predicted octanol–water partition coefficient (Wildman–Crippen LogP) is -0.948. The van der Waals surface area contributed by atoms with Crippen molar-refractivity contribution in [1.29, 1.82) is 0 Å². The summed E-state index contributed by atoms with van der Waals surface area (Å²) < 4.78 is 54.2. The minimum absolute atomic E-state index is 0.0303. The smallest absolute Gasteiger partial charge is 0.242 e. The van der Waals surface area contributed by atoms with Crippen LogP contribution in [0.25, 0.3) is 11.4 Å². The summed E-state index contributed by atoms with van der Waals surface area (Å²) in [6, 6.07) is 2.41. The minimum Gasteiger partial charge on any atom is -0.383 e. The molecule has 0 spiro atoms. The molecule has 0 radical (unpaired) electrons. The molecule has 2 aromatic rings. The van der Waals surface area contributed by atoms with Crippen molar-refractivity contribution in [3.63, 3.8) is 0 Å². The molecule has 15 heteroatoms. The van der Waals surface area contributed by atoms with Crippen LogP contribution in [-0.4, -0.2) is 87.7 Å². The maximum atomic E-state index is 13.2. The van der Waals surface area contributed by atoms with Gasteiger partial charge in [-0.25, -0.2) is 26.7 Å². The van der Waals surface area contributed by atoms with Crippen LogP contribution in [0.4, 0.5) is 5.69 Å². The molecular weight excluding hydrogens is 470 g/mol. The van der Waals surface area contributed by atoms with Gasteiger partial charge in [0.05, 0.1) is 5.56 Å². The molecule has 1 atom stereocenters. The van der Waals surface area contributed by atoms with E-state index in [1.807, 2.05) is 0 Å². The molecule has 13 nitrogen and oxygen atoms in total. The number of primary sulfonamides is 1. The van der Waals surface area contributed by atoms with Crippen molar-refractivity contribution in [2.45, 2.75) is 41.5 Å². The molecule has 2 saturated heterocycles. The van der Waals surface area contributed by atoms with Gasteiger partial charge in [-0.2, -0.15) is 5.21 Å². The lowest BCUT2D eigenvalue weighted by atomic mass is 10.1. The lowest BCUT2D eigenvalue weighted by Gasteiger charge is -2.26. The molecule has 6 N–H and O–H groups in total. The Kier molecular flexibility index (Phi) is 7.25. The summed E-state index contributed by atoms with van der Waals surface area (Å²) in [6.07, 6.45) is 4.13. The van der Waals surface area contributed by atoms with E-state index in [0.29, 0.717) is 31.7 Å². The summed E-state index contributed by atoms with van der Waals surface area (Å²) >= 11 is 0. The first-order chi connectivity index (χ1) is 15.8. The number of tetrazole rings is 1. The van der Waals surface area contributed by atoms with Gasteiger partial charge in [-0.3, -0.25) is 0 Å². The maximum Gasteiger partial charge on any atom is 0.242 e. The van der Waals surface area contributed by atoms with Crippen molar-refractivity contribution in [1.82, 2.24) is 35.6 Å². The summed E-state index contributed by atoms with van der Waals surface area (Å²) in [4.78, 5) is 1.31. The van der Waals surface area contributed by atoms with Crippen LogP contribution >= 0.6 is 0 Å². The van der Waals surface area contributed by atoms with Gasteiger partial charge in [0.15, 0.2) is 0 Å². The molecule has 182 valence electrons. The lowest BCUT2D eigenvalue weighted by Crippen LogP contribution is -2.37.